The molecule has 1 saturated heterocycles. The molecule has 0 aromatic carbocycles. The van der Waals surface area contributed by atoms with Gasteiger partial charge in [-0.3, -0.25) is 0 Å². The molecule has 0 N–H and O–H groups in total. The minimum absolute atomic E-state index is 0.385. The molecule has 0 atom stereocenters. The minimum Gasteiger partial charge on any atom is -0.378 e. The third-order valence-corrected chi connectivity index (χ3v) is 3.39. The number of hydrogen-bond donors (Lipinski definition) is 0. The van der Waals surface area contributed by atoms with E-state index < -0.39 is 0 Å². The van der Waals surface area contributed by atoms with E-state index in [1.165, 1.54) is 19.3 Å². The van der Waals surface area contributed by atoms with E-state index in [0.29, 0.717) is 5.41 Å². The molecule has 2 aliphatic rings. The van der Waals surface area contributed by atoms with Gasteiger partial charge in [0, 0.05) is 24.2 Å². The third-order valence-electron chi connectivity index (χ3n) is 3.39. The summed E-state index contributed by atoms with van der Waals surface area (Å²) in [5.74, 6) is 0. The fourth-order valence-electron chi connectivity index (χ4n) is 2.55. The number of morpholine rings is 1. The van der Waals surface area contributed by atoms with Crippen LogP contribution < -0.4 is 0 Å². The van der Waals surface area contributed by atoms with E-state index in [-0.39, 0.29) is 0 Å². The molecule has 1 heterocycles. The number of hydrogen-bond acceptors (Lipinski definition) is 2. The highest BCUT2D eigenvalue weighted by molar-refractivity contribution is 5.14. The van der Waals surface area contributed by atoms with Crippen LogP contribution in [0.1, 0.15) is 33.1 Å². The molecule has 0 bridgehead atoms. The van der Waals surface area contributed by atoms with Gasteiger partial charge in [0.1, 0.15) is 0 Å². The SMILES string of the molecule is CC1(C)CCCC=C1N1CCOCC1. The van der Waals surface area contributed by atoms with E-state index in [2.05, 4.69) is 24.8 Å². The minimum atomic E-state index is 0.385. The zero-order valence-corrected chi connectivity index (χ0v) is 9.38. The summed E-state index contributed by atoms with van der Waals surface area (Å²) in [4.78, 5) is 2.52. The number of ether oxygens (including phenoxy) is 1. The van der Waals surface area contributed by atoms with Gasteiger partial charge < -0.3 is 9.64 Å². The average molecular weight is 195 g/mol. The Hall–Kier alpha value is -0.500. The Balaban J connectivity index is 2.10. The molecule has 2 heteroatoms. The predicted octanol–water partition coefficient (Wildman–Crippen LogP) is 2.41. The van der Waals surface area contributed by atoms with Gasteiger partial charge in [0.25, 0.3) is 0 Å². The van der Waals surface area contributed by atoms with E-state index >= 15 is 0 Å². The number of nitrogens with zero attached hydrogens (tertiary/aromatic N) is 1. The lowest BCUT2D eigenvalue weighted by atomic mass is 9.79. The molecule has 1 aliphatic heterocycles. The first-order valence-corrected chi connectivity index (χ1v) is 5.73. The topological polar surface area (TPSA) is 12.5 Å². The lowest BCUT2D eigenvalue weighted by Crippen LogP contribution is -2.41. The van der Waals surface area contributed by atoms with Crippen LogP contribution in [0.5, 0.6) is 0 Å². The lowest BCUT2D eigenvalue weighted by Gasteiger charge is -2.41. The van der Waals surface area contributed by atoms with E-state index in [1.807, 2.05) is 0 Å². The molecule has 0 spiro atoms. The fourth-order valence-corrected chi connectivity index (χ4v) is 2.55. The monoisotopic (exact) mass is 195 g/mol. The van der Waals surface area contributed by atoms with Gasteiger partial charge in [0.15, 0.2) is 0 Å². The van der Waals surface area contributed by atoms with Crippen molar-refractivity contribution in [1.82, 2.24) is 4.90 Å². The highest BCUT2D eigenvalue weighted by Gasteiger charge is 2.30. The van der Waals surface area contributed by atoms with Gasteiger partial charge in [-0.05, 0) is 19.3 Å². The number of rotatable bonds is 1. The van der Waals surface area contributed by atoms with Crippen molar-refractivity contribution in [3.63, 3.8) is 0 Å². The highest BCUT2D eigenvalue weighted by Crippen LogP contribution is 2.38. The van der Waals surface area contributed by atoms with E-state index in [4.69, 9.17) is 4.74 Å². The first kappa shape index (κ1) is 10.0. The Morgan fingerprint density at radius 2 is 2.00 bits per heavy atom. The molecule has 80 valence electrons. The van der Waals surface area contributed by atoms with Crippen LogP contribution in [-0.2, 0) is 4.74 Å². The molecule has 0 radical (unpaired) electrons. The Kier molecular flexibility index (Phi) is 2.82. The fraction of sp³-hybridized carbons (Fsp3) is 0.833. The summed E-state index contributed by atoms with van der Waals surface area (Å²) < 4.78 is 5.39. The maximum atomic E-state index is 5.39. The molecule has 0 aromatic heterocycles. The van der Waals surface area contributed by atoms with Crippen LogP contribution in [0.2, 0.25) is 0 Å². The molecule has 2 nitrogen and oxygen atoms in total. The maximum absolute atomic E-state index is 5.39. The smallest absolute Gasteiger partial charge is 0.0642 e. The van der Waals surface area contributed by atoms with Gasteiger partial charge in [-0.15, -0.1) is 0 Å². The van der Waals surface area contributed by atoms with Crippen molar-refractivity contribution in [3.05, 3.63) is 11.8 Å². The van der Waals surface area contributed by atoms with Gasteiger partial charge >= 0.3 is 0 Å². The van der Waals surface area contributed by atoms with Gasteiger partial charge in [0.05, 0.1) is 13.2 Å². The molecular weight excluding hydrogens is 174 g/mol. The predicted molar refractivity (Wildman–Crippen MR) is 58.1 cm³/mol. The van der Waals surface area contributed by atoms with Crippen LogP contribution in [0.25, 0.3) is 0 Å². The first-order chi connectivity index (χ1) is 6.70. The zero-order valence-electron chi connectivity index (χ0n) is 9.38. The molecule has 0 aromatic rings. The summed E-state index contributed by atoms with van der Waals surface area (Å²) in [6, 6.07) is 0. The Labute approximate surface area is 86.9 Å². The first-order valence-electron chi connectivity index (χ1n) is 5.73. The zero-order chi connectivity index (χ0) is 10.0. The van der Waals surface area contributed by atoms with Gasteiger partial charge in [-0.2, -0.15) is 0 Å². The largest absolute Gasteiger partial charge is 0.378 e. The summed E-state index contributed by atoms with van der Waals surface area (Å²) >= 11 is 0. The van der Waals surface area contributed by atoms with E-state index in [9.17, 15) is 0 Å². The molecule has 1 fully saturated rings. The quantitative estimate of drug-likeness (QED) is 0.637. The molecule has 2 rings (SSSR count). The van der Waals surface area contributed by atoms with Crippen LogP contribution in [0.3, 0.4) is 0 Å². The van der Waals surface area contributed by atoms with Crippen molar-refractivity contribution in [1.29, 1.82) is 0 Å². The van der Waals surface area contributed by atoms with Gasteiger partial charge in [0.2, 0.25) is 0 Å². The maximum Gasteiger partial charge on any atom is 0.0642 e. The third kappa shape index (κ3) is 1.95. The number of allylic oxidation sites excluding steroid dienone is 2. The van der Waals surface area contributed by atoms with Crippen molar-refractivity contribution in [2.24, 2.45) is 5.41 Å². The van der Waals surface area contributed by atoms with Crippen molar-refractivity contribution in [3.8, 4) is 0 Å². The summed E-state index contributed by atoms with van der Waals surface area (Å²) in [5.41, 5.74) is 1.95. The lowest BCUT2D eigenvalue weighted by molar-refractivity contribution is 0.0411. The summed E-state index contributed by atoms with van der Waals surface area (Å²) in [6.45, 7) is 8.69. The van der Waals surface area contributed by atoms with Crippen LogP contribution in [-0.4, -0.2) is 31.2 Å². The standard InChI is InChI=1S/C12H21NO/c1-12(2)6-4-3-5-11(12)13-7-9-14-10-8-13/h5H,3-4,6-10H2,1-2H3. The molecule has 14 heavy (non-hydrogen) atoms. The average Bonchev–Trinajstić information content (AvgIpc) is 2.18. The van der Waals surface area contributed by atoms with E-state index in [0.717, 1.165) is 26.3 Å². The second kappa shape index (κ2) is 3.93. The van der Waals surface area contributed by atoms with Crippen molar-refractivity contribution in [2.45, 2.75) is 33.1 Å². The van der Waals surface area contributed by atoms with Crippen LogP contribution in [0, 0.1) is 5.41 Å². The van der Waals surface area contributed by atoms with Crippen molar-refractivity contribution >= 4 is 0 Å². The summed E-state index contributed by atoms with van der Waals surface area (Å²) in [7, 11) is 0. The normalized spacial score (nSPS) is 27.3. The van der Waals surface area contributed by atoms with Crippen molar-refractivity contribution in [2.75, 3.05) is 26.3 Å². The Morgan fingerprint density at radius 3 is 2.64 bits per heavy atom. The summed E-state index contributed by atoms with van der Waals surface area (Å²) in [5, 5.41) is 0. The van der Waals surface area contributed by atoms with Crippen LogP contribution in [0.4, 0.5) is 0 Å². The molecule has 0 unspecified atom stereocenters. The van der Waals surface area contributed by atoms with Crippen LogP contribution >= 0.6 is 0 Å². The Morgan fingerprint density at radius 1 is 1.29 bits per heavy atom. The molecule has 0 saturated carbocycles. The van der Waals surface area contributed by atoms with Crippen LogP contribution in [0.15, 0.2) is 11.8 Å². The van der Waals surface area contributed by atoms with Gasteiger partial charge in [-0.1, -0.05) is 19.9 Å². The summed E-state index contributed by atoms with van der Waals surface area (Å²) in [6.07, 6.45) is 6.38. The molecular formula is C12H21NO. The van der Waals surface area contributed by atoms with E-state index in [1.54, 1.807) is 5.70 Å². The Bertz CT molecular complexity index is 226. The second-order valence-electron chi connectivity index (χ2n) is 4.96. The second-order valence-corrected chi connectivity index (χ2v) is 4.96. The van der Waals surface area contributed by atoms with Gasteiger partial charge in [-0.25, -0.2) is 0 Å². The highest BCUT2D eigenvalue weighted by atomic mass is 16.5. The van der Waals surface area contributed by atoms with Crippen molar-refractivity contribution < 1.29 is 4.74 Å². The molecule has 1 aliphatic carbocycles. The molecule has 0 amide bonds.